The van der Waals surface area contributed by atoms with E-state index in [1.807, 2.05) is 18.2 Å². The van der Waals surface area contributed by atoms with Crippen LogP contribution in [0.4, 0.5) is 10.5 Å². The highest BCUT2D eigenvalue weighted by molar-refractivity contribution is 5.89. The van der Waals surface area contributed by atoms with Gasteiger partial charge in [-0.3, -0.25) is 4.79 Å². The Morgan fingerprint density at radius 3 is 2.70 bits per heavy atom. The number of aromatic amines is 1. The van der Waals surface area contributed by atoms with Gasteiger partial charge in [-0.05, 0) is 12.1 Å². The van der Waals surface area contributed by atoms with Gasteiger partial charge in [0.2, 0.25) is 0 Å². The first-order valence-electron chi connectivity index (χ1n) is 7.38. The predicted octanol–water partition coefficient (Wildman–Crippen LogP) is 1.43. The molecule has 1 fully saturated rings. The number of piperazine rings is 1. The lowest BCUT2D eigenvalue weighted by Gasteiger charge is -2.34. The third-order valence-corrected chi connectivity index (χ3v) is 3.84. The van der Waals surface area contributed by atoms with Crippen molar-refractivity contribution in [2.24, 2.45) is 0 Å². The molecule has 0 aliphatic carbocycles. The summed E-state index contributed by atoms with van der Waals surface area (Å²) in [6, 6.07) is 5.81. The summed E-state index contributed by atoms with van der Waals surface area (Å²) in [5.74, 6) is 0.238. The molecule has 8 heteroatoms. The van der Waals surface area contributed by atoms with Crippen LogP contribution in [0.15, 0.2) is 18.2 Å². The number of benzene rings is 1. The fraction of sp³-hybridized carbons (Fsp3) is 0.400. The van der Waals surface area contributed by atoms with Crippen LogP contribution in [0.5, 0.6) is 0 Å². The maximum absolute atomic E-state index is 11.0. The number of rotatable bonds is 3. The van der Waals surface area contributed by atoms with Crippen molar-refractivity contribution >= 4 is 28.8 Å². The first-order chi connectivity index (χ1) is 11.0. The molecule has 2 heterocycles. The Kier molecular flexibility index (Phi) is 4.05. The lowest BCUT2D eigenvalue weighted by Crippen LogP contribution is -2.48. The molecular formula is C15H18N4O4. The average Bonchev–Trinajstić information content (AvgIpc) is 2.96. The number of anilines is 1. The molecule has 0 unspecified atom stereocenters. The zero-order valence-corrected chi connectivity index (χ0v) is 12.8. The maximum Gasteiger partial charge on any atom is 0.407 e. The van der Waals surface area contributed by atoms with E-state index in [0.29, 0.717) is 32.0 Å². The Morgan fingerprint density at radius 2 is 2.04 bits per heavy atom. The van der Waals surface area contributed by atoms with Crippen LogP contribution in [0, 0.1) is 0 Å². The van der Waals surface area contributed by atoms with Crippen molar-refractivity contribution in [3.05, 3.63) is 24.0 Å². The van der Waals surface area contributed by atoms with Crippen LogP contribution in [0.3, 0.4) is 0 Å². The molecule has 1 aliphatic heterocycles. The highest BCUT2D eigenvalue weighted by atomic mass is 16.5. The number of carbonyl (C=O) groups is 2. The number of fused-ring (bicyclic) bond motifs is 1. The van der Waals surface area contributed by atoms with E-state index in [0.717, 1.165) is 16.7 Å². The number of imidazole rings is 1. The number of nitrogens with zero attached hydrogens (tertiary/aromatic N) is 3. The van der Waals surface area contributed by atoms with Crippen LogP contribution in [-0.2, 0) is 16.1 Å². The fourth-order valence-electron chi connectivity index (χ4n) is 2.70. The van der Waals surface area contributed by atoms with Gasteiger partial charge in [0, 0.05) is 33.1 Å². The van der Waals surface area contributed by atoms with E-state index in [-0.39, 0.29) is 12.6 Å². The van der Waals surface area contributed by atoms with E-state index in [1.165, 1.54) is 11.8 Å². The van der Waals surface area contributed by atoms with Gasteiger partial charge in [0.25, 0.3) is 0 Å². The minimum Gasteiger partial charge on any atom is -0.465 e. The average molecular weight is 318 g/mol. The van der Waals surface area contributed by atoms with E-state index in [2.05, 4.69) is 14.9 Å². The standard InChI is InChI=1S/C15H18N4O4/c1-10(20)23-9-13-16-11-3-2-4-12(14(11)17-13)18-5-7-19(8-6-18)15(21)22/h2-4H,5-9H2,1H3,(H,16,17)(H,21,22). The molecule has 0 bridgehead atoms. The number of hydrogen-bond acceptors (Lipinski definition) is 5. The molecule has 2 aromatic rings. The SMILES string of the molecule is CC(=O)OCc1nc2c(N3CCN(C(=O)O)CC3)cccc2[nH]1. The van der Waals surface area contributed by atoms with Gasteiger partial charge in [0.15, 0.2) is 0 Å². The van der Waals surface area contributed by atoms with Crippen molar-refractivity contribution in [1.29, 1.82) is 0 Å². The molecule has 1 amide bonds. The Bertz CT molecular complexity index is 734. The lowest BCUT2D eigenvalue weighted by molar-refractivity contribution is -0.142. The summed E-state index contributed by atoms with van der Waals surface area (Å²) >= 11 is 0. The molecule has 0 atom stereocenters. The summed E-state index contributed by atoms with van der Waals surface area (Å²) in [4.78, 5) is 33.1. The van der Waals surface area contributed by atoms with Crippen molar-refractivity contribution in [1.82, 2.24) is 14.9 Å². The first-order valence-corrected chi connectivity index (χ1v) is 7.38. The van der Waals surface area contributed by atoms with E-state index in [4.69, 9.17) is 9.84 Å². The number of nitrogens with one attached hydrogen (secondary N) is 1. The van der Waals surface area contributed by atoms with Gasteiger partial charge in [0.05, 0.1) is 11.2 Å². The number of aromatic nitrogens is 2. The van der Waals surface area contributed by atoms with Crippen LogP contribution in [0.2, 0.25) is 0 Å². The van der Waals surface area contributed by atoms with Gasteiger partial charge in [-0.15, -0.1) is 0 Å². The van der Waals surface area contributed by atoms with Gasteiger partial charge in [-0.2, -0.15) is 0 Å². The Balaban J connectivity index is 1.81. The molecule has 3 rings (SSSR count). The van der Waals surface area contributed by atoms with Crippen LogP contribution in [0.25, 0.3) is 11.0 Å². The van der Waals surface area contributed by atoms with Gasteiger partial charge >= 0.3 is 12.1 Å². The van der Waals surface area contributed by atoms with E-state index < -0.39 is 6.09 Å². The first kappa shape index (κ1) is 15.1. The lowest BCUT2D eigenvalue weighted by atomic mass is 10.2. The predicted molar refractivity (Wildman–Crippen MR) is 83.4 cm³/mol. The van der Waals surface area contributed by atoms with Crippen molar-refractivity contribution in [2.75, 3.05) is 31.1 Å². The maximum atomic E-state index is 11.0. The summed E-state index contributed by atoms with van der Waals surface area (Å²) in [6.45, 7) is 3.65. The monoisotopic (exact) mass is 318 g/mol. The minimum absolute atomic E-state index is 0.107. The normalized spacial score (nSPS) is 15.0. The highest BCUT2D eigenvalue weighted by Gasteiger charge is 2.22. The van der Waals surface area contributed by atoms with Crippen LogP contribution >= 0.6 is 0 Å². The summed E-state index contributed by atoms with van der Waals surface area (Å²) in [6.07, 6.45) is -0.883. The number of hydrogen-bond donors (Lipinski definition) is 2. The molecule has 1 aliphatic rings. The van der Waals surface area contributed by atoms with E-state index in [1.54, 1.807) is 0 Å². The number of ether oxygens (including phenoxy) is 1. The number of amides is 1. The molecule has 1 aromatic carbocycles. The molecule has 0 radical (unpaired) electrons. The van der Waals surface area contributed by atoms with Gasteiger partial charge in [0.1, 0.15) is 17.9 Å². The Hall–Kier alpha value is -2.77. The Morgan fingerprint density at radius 1 is 1.30 bits per heavy atom. The minimum atomic E-state index is -0.883. The second-order valence-corrected chi connectivity index (χ2v) is 5.39. The molecule has 122 valence electrons. The van der Waals surface area contributed by atoms with E-state index in [9.17, 15) is 9.59 Å². The number of carboxylic acid groups (broad SMARTS) is 1. The van der Waals surface area contributed by atoms with Crippen LogP contribution < -0.4 is 4.90 Å². The largest absolute Gasteiger partial charge is 0.465 e. The van der Waals surface area contributed by atoms with Gasteiger partial charge in [-0.1, -0.05) is 6.07 Å². The molecule has 1 aromatic heterocycles. The molecule has 8 nitrogen and oxygen atoms in total. The number of para-hydroxylation sites is 1. The van der Waals surface area contributed by atoms with Crippen molar-refractivity contribution in [3.63, 3.8) is 0 Å². The van der Waals surface area contributed by atoms with Crippen molar-refractivity contribution in [2.45, 2.75) is 13.5 Å². The molecule has 0 saturated carbocycles. The fourth-order valence-corrected chi connectivity index (χ4v) is 2.70. The molecule has 23 heavy (non-hydrogen) atoms. The third-order valence-electron chi connectivity index (χ3n) is 3.84. The second-order valence-electron chi connectivity index (χ2n) is 5.39. The summed E-state index contributed by atoms with van der Waals surface area (Å²) in [7, 11) is 0. The summed E-state index contributed by atoms with van der Waals surface area (Å²) in [5, 5.41) is 9.02. The number of carbonyl (C=O) groups excluding carboxylic acids is 1. The van der Waals surface area contributed by atoms with Gasteiger partial charge < -0.3 is 24.6 Å². The zero-order chi connectivity index (χ0) is 16.4. The summed E-state index contributed by atoms with van der Waals surface area (Å²) < 4.78 is 4.97. The van der Waals surface area contributed by atoms with Crippen molar-refractivity contribution < 1.29 is 19.4 Å². The molecule has 1 saturated heterocycles. The second kappa shape index (κ2) is 6.15. The third kappa shape index (κ3) is 3.20. The number of esters is 1. The van der Waals surface area contributed by atoms with Crippen molar-refractivity contribution in [3.8, 4) is 0 Å². The smallest absolute Gasteiger partial charge is 0.407 e. The van der Waals surface area contributed by atoms with E-state index >= 15 is 0 Å². The topological polar surface area (TPSA) is 98.8 Å². The van der Waals surface area contributed by atoms with Crippen LogP contribution in [-0.4, -0.2) is 58.2 Å². The van der Waals surface area contributed by atoms with Crippen LogP contribution in [0.1, 0.15) is 12.7 Å². The highest BCUT2D eigenvalue weighted by Crippen LogP contribution is 2.26. The quantitative estimate of drug-likeness (QED) is 0.831. The zero-order valence-electron chi connectivity index (χ0n) is 12.8. The summed E-state index contributed by atoms with van der Waals surface area (Å²) in [5.41, 5.74) is 2.63. The molecule has 0 spiro atoms. The Labute approximate surface area is 132 Å². The molecule has 2 N–H and O–H groups in total. The molecular weight excluding hydrogens is 300 g/mol. The van der Waals surface area contributed by atoms with Gasteiger partial charge in [-0.25, -0.2) is 9.78 Å². The number of H-pyrrole nitrogens is 1.